The molecule has 5 nitrogen and oxygen atoms in total. The highest BCUT2D eigenvalue weighted by Crippen LogP contribution is 2.40. The van der Waals surface area contributed by atoms with Gasteiger partial charge in [-0.2, -0.15) is 0 Å². The molecule has 1 fully saturated rings. The Kier molecular flexibility index (Phi) is 3.90. The molecule has 5 heteroatoms. The second kappa shape index (κ2) is 5.99. The van der Waals surface area contributed by atoms with Crippen LogP contribution in [0.25, 0.3) is 0 Å². The third kappa shape index (κ3) is 3.42. The molecular weight excluding hydrogens is 266 g/mol. The minimum Gasteiger partial charge on any atom is -0.469 e. The first-order chi connectivity index (χ1) is 10.2. The van der Waals surface area contributed by atoms with Gasteiger partial charge in [0.1, 0.15) is 5.76 Å². The lowest BCUT2D eigenvalue weighted by Crippen LogP contribution is -2.38. The summed E-state index contributed by atoms with van der Waals surface area (Å²) in [5, 5.41) is 5.85. The fourth-order valence-corrected chi connectivity index (χ4v) is 2.48. The SMILES string of the molecule is Cc1ncccc1CCNC(=O)N[C@@H]1C[C@H]1c1ccco1. The number of urea groups is 1. The molecule has 1 aliphatic carbocycles. The van der Waals surface area contributed by atoms with Gasteiger partial charge in [-0.05, 0) is 43.5 Å². The largest absolute Gasteiger partial charge is 0.469 e. The Balaban J connectivity index is 1.39. The number of hydrogen-bond acceptors (Lipinski definition) is 3. The van der Waals surface area contributed by atoms with Crippen LogP contribution in [0.2, 0.25) is 0 Å². The van der Waals surface area contributed by atoms with Crippen LogP contribution in [-0.4, -0.2) is 23.6 Å². The van der Waals surface area contributed by atoms with Crippen LogP contribution < -0.4 is 10.6 Å². The molecule has 2 N–H and O–H groups in total. The number of carbonyl (C=O) groups excluding carboxylic acids is 1. The Morgan fingerprint density at radius 2 is 2.33 bits per heavy atom. The lowest BCUT2D eigenvalue weighted by Gasteiger charge is -2.08. The standard InChI is InChI=1S/C16H19N3O2/c1-11-12(4-2-7-17-11)6-8-18-16(20)19-14-10-13(14)15-5-3-9-21-15/h2-5,7,9,13-14H,6,8,10H2,1H3,(H2,18,19,20)/t13-,14-/m1/s1. The smallest absolute Gasteiger partial charge is 0.315 e. The monoisotopic (exact) mass is 285 g/mol. The van der Waals surface area contributed by atoms with Gasteiger partial charge in [0.25, 0.3) is 0 Å². The van der Waals surface area contributed by atoms with Crippen molar-refractivity contribution in [1.82, 2.24) is 15.6 Å². The first-order valence-electron chi connectivity index (χ1n) is 7.22. The third-order valence-electron chi connectivity index (χ3n) is 3.81. The molecule has 2 aromatic rings. The molecule has 0 spiro atoms. The maximum absolute atomic E-state index is 11.8. The molecule has 3 rings (SSSR count). The molecule has 0 saturated heterocycles. The molecule has 21 heavy (non-hydrogen) atoms. The van der Waals surface area contributed by atoms with E-state index in [-0.39, 0.29) is 12.1 Å². The number of rotatable bonds is 5. The van der Waals surface area contributed by atoms with Crippen LogP contribution in [0.15, 0.2) is 41.1 Å². The highest BCUT2D eigenvalue weighted by Gasteiger charge is 2.41. The first-order valence-corrected chi connectivity index (χ1v) is 7.22. The van der Waals surface area contributed by atoms with E-state index < -0.39 is 0 Å². The Morgan fingerprint density at radius 1 is 1.43 bits per heavy atom. The molecule has 2 heterocycles. The zero-order valence-corrected chi connectivity index (χ0v) is 12.0. The zero-order chi connectivity index (χ0) is 14.7. The predicted molar refractivity (Wildman–Crippen MR) is 79.1 cm³/mol. The molecule has 0 aromatic carbocycles. The van der Waals surface area contributed by atoms with Crippen molar-refractivity contribution in [2.75, 3.05) is 6.54 Å². The number of nitrogens with one attached hydrogen (secondary N) is 2. The molecule has 2 amide bonds. The normalized spacial score (nSPS) is 20.0. The highest BCUT2D eigenvalue weighted by molar-refractivity contribution is 5.74. The van der Waals surface area contributed by atoms with Gasteiger partial charge in [0.2, 0.25) is 0 Å². The fraction of sp³-hybridized carbons (Fsp3) is 0.375. The number of furan rings is 1. The van der Waals surface area contributed by atoms with Crippen LogP contribution in [0, 0.1) is 6.92 Å². The van der Waals surface area contributed by atoms with E-state index in [0.29, 0.717) is 12.5 Å². The van der Waals surface area contributed by atoms with E-state index >= 15 is 0 Å². The third-order valence-corrected chi connectivity index (χ3v) is 3.81. The number of amides is 2. The van der Waals surface area contributed by atoms with Gasteiger partial charge in [-0.25, -0.2) is 4.79 Å². The Labute approximate surface area is 123 Å². The van der Waals surface area contributed by atoms with Gasteiger partial charge in [-0.1, -0.05) is 6.07 Å². The van der Waals surface area contributed by atoms with Crippen molar-refractivity contribution in [2.24, 2.45) is 0 Å². The average Bonchev–Trinajstić information content (AvgIpc) is 3.01. The quantitative estimate of drug-likeness (QED) is 0.886. The molecule has 110 valence electrons. The average molecular weight is 285 g/mol. The van der Waals surface area contributed by atoms with Gasteiger partial charge in [0.05, 0.1) is 6.26 Å². The zero-order valence-electron chi connectivity index (χ0n) is 12.0. The molecular formula is C16H19N3O2. The Morgan fingerprint density at radius 3 is 3.10 bits per heavy atom. The topological polar surface area (TPSA) is 67.2 Å². The Bertz CT molecular complexity index is 610. The van der Waals surface area contributed by atoms with E-state index in [1.54, 1.807) is 12.5 Å². The van der Waals surface area contributed by atoms with E-state index in [1.807, 2.05) is 31.2 Å². The van der Waals surface area contributed by atoms with Crippen LogP contribution in [-0.2, 0) is 6.42 Å². The number of carbonyl (C=O) groups is 1. The van der Waals surface area contributed by atoms with Crippen molar-refractivity contribution in [3.8, 4) is 0 Å². The van der Waals surface area contributed by atoms with Crippen molar-refractivity contribution in [3.63, 3.8) is 0 Å². The van der Waals surface area contributed by atoms with Crippen LogP contribution in [0.4, 0.5) is 4.79 Å². The summed E-state index contributed by atoms with van der Waals surface area (Å²) in [5.41, 5.74) is 2.18. The molecule has 0 unspecified atom stereocenters. The van der Waals surface area contributed by atoms with Crippen molar-refractivity contribution in [3.05, 3.63) is 53.7 Å². The van der Waals surface area contributed by atoms with E-state index in [0.717, 1.165) is 29.9 Å². The number of aryl methyl sites for hydroxylation is 1. The number of pyridine rings is 1. The van der Waals surface area contributed by atoms with Crippen LogP contribution >= 0.6 is 0 Å². The molecule has 1 aliphatic rings. The van der Waals surface area contributed by atoms with Crippen molar-refractivity contribution >= 4 is 6.03 Å². The van der Waals surface area contributed by atoms with Gasteiger partial charge < -0.3 is 15.1 Å². The van der Waals surface area contributed by atoms with Gasteiger partial charge in [0, 0.05) is 30.4 Å². The fourth-order valence-electron chi connectivity index (χ4n) is 2.48. The van der Waals surface area contributed by atoms with Gasteiger partial charge in [-0.15, -0.1) is 0 Å². The maximum atomic E-state index is 11.8. The molecule has 2 aromatic heterocycles. The summed E-state index contributed by atoms with van der Waals surface area (Å²) < 4.78 is 5.34. The summed E-state index contributed by atoms with van der Waals surface area (Å²) in [6, 6.07) is 7.86. The lowest BCUT2D eigenvalue weighted by molar-refractivity contribution is 0.240. The number of aromatic nitrogens is 1. The predicted octanol–water partition coefficient (Wildman–Crippen LogP) is 2.38. The summed E-state index contributed by atoms with van der Waals surface area (Å²) in [6.45, 7) is 2.59. The lowest BCUT2D eigenvalue weighted by atomic mass is 10.1. The van der Waals surface area contributed by atoms with Gasteiger partial charge in [0.15, 0.2) is 0 Å². The molecule has 0 bridgehead atoms. The van der Waals surface area contributed by atoms with Crippen molar-refractivity contribution in [1.29, 1.82) is 0 Å². The van der Waals surface area contributed by atoms with Crippen molar-refractivity contribution in [2.45, 2.75) is 31.7 Å². The van der Waals surface area contributed by atoms with Crippen LogP contribution in [0.5, 0.6) is 0 Å². The second-order valence-corrected chi connectivity index (χ2v) is 5.36. The van der Waals surface area contributed by atoms with Crippen molar-refractivity contribution < 1.29 is 9.21 Å². The van der Waals surface area contributed by atoms with E-state index in [9.17, 15) is 4.79 Å². The summed E-state index contributed by atoms with van der Waals surface area (Å²) in [7, 11) is 0. The first kappa shape index (κ1) is 13.7. The summed E-state index contributed by atoms with van der Waals surface area (Å²) in [6.07, 6.45) is 5.18. The maximum Gasteiger partial charge on any atom is 0.315 e. The van der Waals surface area contributed by atoms with Gasteiger partial charge >= 0.3 is 6.03 Å². The van der Waals surface area contributed by atoms with Crippen LogP contribution in [0.1, 0.15) is 29.4 Å². The van der Waals surface area contributed by atoms with E-state index in [1.165, 1.54) is 0 Å². The Hall–Kier alpha value is -2.30. The molecule has 1 saturated carbocycles. The summed E-state index contributed by atoms with van der Waals surface area (Å²) >= 11 is 0. The highest BCUT2D eigenvalue weighted by atomic mass is 16.3. The minimum atomic E-state index is -0.115. The van der Waals surface area contributed by atoms with Crippen LogP contribution in [0.3, 0.4) is 0 Å². The number of nitrogens with zero attached hydrogens (tertiary/aromatic N) is 1. The summed E-state index contributed by atoms with van der Waals surface area (Å²) in [5.74, 6) is 1.28. The number of hydrogen-bond donors (Lipinski definition) is 2. The second-order valence-electron chi connectivity index (χ2n) is 5.36. The summed E-state index contributed by atoms with van der Waals surface area (Å²) in [4.78, 5) is 16.1. The minimum absolute atomic E-state index is 0.115. The van der Waals surface area contributed by atoms with E-state index in [2.05, 4.69) is 15.6 Å². The van der Waals surface area contributed by atoms with E-state index in [4.69, 9.17) is 4.42 Å². The van der Waals surface area contributed by atoms with Gasteiger partial charge in [-0.3, -0.25) is 4.98 Å². The molecule has 2 atom stereocenters. The molecule has 0 radical (unpaired) electrons. The molecule has 0 aliphatic heterocycles.